The van der Waals surface area contributed by atoms with Gasteiger partial charge in [0.2, 0.25) is 5.88 Å². The Hall–Kier alpha value is -3.97. The quantitative estimate of drug-likeness (QED) is 0.297. The van der Waals surface area contributed by atoms with Crippen molar-refractivity contribution in [2.45, 2.75) is 39.4 Å². The van der Waals surface area contributed by atoms with Crippen LogP contribution in [0, 0.1) is 12.8 Å². The monoisotopic (exact) mass is 511 g/mol. The summed E-state index contributed by atoms with van der Waals surface area (Å²) in [6.07, 6.45) is 4.76. The van der Waals surface area contributed by atoms with Crippen LogP contribution >= 0.6 is 0 Å². The Kier molecular flexibility index (Phi) is 8.46. The summed E-state index contributed by atoms with van der Waals surface area (Å²) in [4.78, 5) is 21.8. The number of aromatic nitrogens is 2. The first kappa shape index (κ1) is 25.7. The normalized spacial score (nSPS) is 15.2. The molecule has 0 spiro atoms. The van der Waals surface area contributed by atoms with Crippen molar-refractivity contribution in [2.75, 3.05) is 19.8 Å². The summed E-state index contributed by atoms with van der Waals surface area (Å²) in [5.74, 6) is 1.55. The fraction of sp³-hybridized carbons (Fsp3) is 0.323. The van der Waals surface area contributed by atoms with Crippen LogP contribution < -0.4 is 14.8 Å². The minimum absolute atomic E-state index is 0.134. The van der Waals surface area contributed by atoms with Gasteiger partial charge in [-0.15, -0.1) is 0 Å². The standard InChI is InChI=1S/C31H33N3O4/c1-22-28(34-27-12-6-5-11-26(27)30(22)38-20-23-8-3-2-4-9-23)21-37-29-18-25(14-16-32-29)31(35)33-15-13-24-10-7-17-36-19-24/h2-6,8-9,11-12,14,16,18,24H,7,10,13,15,17,19-21H2,1H3,(H,33,35). The van der Waals surface area contributed by atoms with Gasteiger partial charge in [-0.2, -0.15) is 0 Å². The Labute approximate surface area is 223 Å². The number of hydrogen-bond donors (Lipinski definition) is 1. The molecule has 1 aliphatic heterocycles. The molecular formula is C31H33N3O4. The molecule has 0 radical (unpaired) electrons. The van der Waals surface area contributed by atoms with Crippen LogP contribution in [-0.2, 0) is 18.0 Å². The lowest BCUT2D eigenvalue weighted by Gasteiger charge is -2.21. The Morgan fingerprint density at radius 2 is 1.89 bits per heavy atom. The summed E-state index contributed by atoms with van der Waals surface area (Å²) in [6, 6.07) is 21.4. The molecule has 4 aromatic rings. The van der Waals surface area contributed by atoms with Crippen LogP contribution in [-0.4, -0.2) is 35.6 Å². The molecule has 1 amide bonds. The molecular weight excluding hydrogens is 478 g/mol. The van der Waals surface area contributed by atoms with Crippen LogP contribution in [0.5, 0.6) is 11.6 Å². The fourth-order valence-corrected chi connectivity index (χ4v) is 4.68. The van der Waals surface area contributed by atoms with E-state index in [1.807, 2.05) is 61.5 Å². The molecule has 1 unspecified atom stereocenters. The molecule has 0 saturated carbocycles. The first-order valence-electron chi connectivity index (χ1n) is 13.2. The number of fused-ring (bicyclic) bond motifs is 1. The third-order valence-electron chi connectivity index (χ3n) is 6.85. The Morgan fingerprint density at radius 1 is 1.05 bits per heavy atom. The average Bonchev–Trinajstić information content (AvgIpc) is 2.97. The van der Waals surface area contributed by atoms with Crippen LogP contribution in [0.2, 0.25) is 0 Å². The fourth-order valence-electron chi connectivity index (χ4n) is 4.68. The Bertz CT molecular complexity index is 1370. The molecule has 2 aromatic heterocycles. The molecule has 2 aromatic carbocycles. The highest BCUT2D eigenvalue weighted by atomic mass is 16.5. The third kappa shape index (κ3) is 6.47. The van der Waals surface area contributed by atoms with Crippen molar-refractivity contribution in [3.8, 4) is 11.6 Å². The number of nitrogens with zero attached hydrogens (tertiary/aromatic N) is 2. The molecule has 1 atom stereocenters. The summed E-state index contributed by atoms with van der Waals surface area (Å²) in [7, 11) is 0. The van der Waals surface area contributed by atoms with Crippen molar-refractivity contribution < 1.29 is 19.0 Å². The minimum atomic E-state index is -0.134. The van der Waals surface area contributed by atoms with Crippen molar-refractivity contribution in [3.05, 3.63) is 95.3 Å². The maximum absolute atomic E-state index is 12.7. The molecule has 7 heteroatoms. The van der Waals surface area contributed by atoms with Gasteiger partial charge in [-0.05, 0) is 55.9 Å². The minimum Gasteiger partial charge on any atom is -0.488 e. The molecule has 0 aliphatic carbocycles. The lowest BCUT2D eigenvalue weighted by molar-refractivity contribution is 0.0514. The van der Waals surface area contributed by atoms with Gasteiger partial charge in [0, 0.05) is 48.5 Å². The summed E-state index contributed by atoms with van der Waals surface area (Å²) < 4.78 is 17.8. The number of pyridine rings is 2. The maximum atomic E-state index is 12.7. The smallest absolute Gasteiger partial charge is 0.251 e. The number of nitrogens with one attached hydrogen (secondary N) is 1. The maximum Gasteiger partial charge on any atom is 0.251 e. The number of hydrogen-bond acceptors (Lipinski definition) is 6. The molecule has 1 fully saturated rings. The number of carbonyl (C=O) groups is 1. The molecule has 7 nitrogen and oxygen atoms in total. The van der Waals surface area contributed by atoms with E-state index in [4.69, 9.17) is 19.2 Å². The van der Waals surface area contributed by atoms with E-state index >= 15 is 0 Å². The highest BCUT2D eigenvalue weighted by Crippen LogP contribution is 2.31. The van der Waals surface area contributed by atoms with E-state index in [0.29, 0.717) is 30.5 Å². The van der Waals surface area contributed by atoms with E-state index in [-0.39, 0.29) is 12.5 Å². The van der Waals surface area contributed by atoms with E-state index in [2.05, 4.69) is 10.3 Å². The van der Waals surface area contributed by atoms with Crippen molar-refractivity contribution in [1.82, 2.24) is 15.3 Å². The van der Waals surface area contributed by atoms with E-state index in [9.17, 15) is 4.79 Å². The number of benzene rings is 2. The summed E-state index contributed by atoms with van der Waals surface area (Å²) in [5, 5.41) is 3.96. The second-order valence-electron chi connectivity index (χ2n) is 9.60. The van der Waals surface area contributed by atoms with Crippen molar-refractivity contribution in [2.24, 2.45) is 5.92 Å². The van der Waals surface area contributed by atoms with Gasteiger partial charge in [0.15, 0.2) is 0 Å². The number of para-hydroxylation sites is 1. The molecule has 1 aliphatic rings. The molecule has 0 bridgehead atoms. The lowest BCUT2D eigenvalue weighted by Crippen LogP contribution is -2.28. The van der Waals surface area contributed by atoms with Gasteiger partial charge in [0.1, 0.15) is 19.0 Å². The predicted octanol–water partition coefficient (Wildman–Crippen LogP) is 5.64. The van der Waals surface area contributed by atoms with Gasteiger partial charge in [-0.1, -0.05) is 42.5 Å². The topological polar surface area (TPSA) is 82.6 Å². The largest absolute Gasteiger partial charge is 0.488 e. The molecule has 5 rings (SSSR count). The summed E-state index contributed by atoms with van der Waals surface area (Å²) >= 11 is 0. The number of amides is 1. The predicted molar refractivity (Wildman–Crippen MR) is 146 cm³/mol. The van der Waals surface area contributed by atoms with Crippen molar-refractivity contribution >= 4 is 16.8 Å². The zero-order valence-corrected chi connectivity index (χ0v) is 21.7. The van der Waals surface area contributed by atoms with E-state index in [1.165, 1.54) is 0 Å². The first-order chi connectivity index (χ1) is 18.7. The van der Waals surface area contributed by atoms with Crippen LogP contribution in [0.4, 0.5) is 0 Å². The number of carbonyl (C=O) groups excluding carboxylic acids is 1. The van der Waals surface area contributed by atoms with E-state index < -0.39 is 0 Å². The lowest BCUT2D eigenvalue weighted by atomic mass is 9.99. The van der Waals surface area contributed by atoms with Crippen molar-refractivity contribution in [3.63, 3.8) is 0 Å². The number of rotatable bonds is 10. The molecule has 38 heavy (non-hydrogen) atoms. The zero-order chi connectivity index (χ0) is 26.2. The van der Waals surface area contributed by atoms with Crippen LogP contribution in [0.1, 0.15) is 46.4 Å². The van der Waals surface area contributed by atoms with Crippen molar-refractivity contribution in [1.29, 1.82) is 0 Å². The number of ether oxygens (including phenoxy) is 3. The van der Waals surface area contributed by atoms with Gasteiger partial charge in [-0.25, -0.2) is 9.97 Å². The SMILES string of the molecule is Cc1c(COc2cc(C(=O)NCCC3CCCOC3)ccn2)nc2ccccc2c1OCc1ccccc1. The average molecular weight is 512 g/mol. The highest BCUT2D eigenvalue weighted by molar-refractivity contribution is 5.94. The van der Waals surface area contributed by atoms with Crippen LogP contribution in [0.3, 0.4) is 0 Å². The zero-order valence-electron chi connectivity index (χ0n) is 21.7. The van der Waals surface area contributed by atoms with Crippen LogP contribution in [0.25, 0.3) is 10.9 Å². The summed E-state index contributed by atoms with van der Waals surface area (Å²) in [5.41, 5.74) is 4.13. The van der Waals surface area contributed by atoms with Gasteiger partial charge in [-0.3, -0.25) is 4.79 Å². The highest BCUT2D eigenvalue weighted by Gasteiger charge is 2.16. The van der Waals surface area contributed by atoms with E-state index in [0.717, 1.165) is 65.9 Å². The van der Waals surface area contributed by atoms with Crippen LogP contribution in [0.15, 0.2) is 72.9 Å². The second-order valence-corrected chi connectivity index (χ2v) is 9.60. The van der Waals surface area contributed by atoms with Gasteiger partial charge >= 0.3 is 0 Å². The van der Waals surface area contributed by atoms with Gasteiger partial charge < -0.3 is 19.5 Å². The van der Waals surface area contributed by atoms with E-state index in [1.54, 1.807) is 18.3 Å². The first-order valence-corrected chi connectivity index (χ1v) is 13.2. The third-order valence-corrected chi connectivity index (χ3v) is 6.85. The molecule has 1 saturated heterocycles. The Morgan fingerprint density at radius 3 is 2.74 bits per heavy atom. The van der Waals surface area contributed by atoms with Gasteiger partial charge in [0.05, 0.1) is 11.2 Å². The second kappa shape index (κ2) is 12.5. The molecule has 3 heterocycles. The summed E-state index contributed by atoms with van der Waals surface area (Å²) in [6.45, 7) is 4.91. The molecule has 196 valence electrons. The molecule has 1 N–H and O–H groups in total. The van der Waals surface area contributed by atoms with Gasteiger partial charge in [0.25, 0.3) is 5.91 Å². The Balaban J connectivity index is 1.25.